The van der Waals surface area contributed by atoms with E-state index >= 15 is 0 Å². The number of amides is 2. The summed E-state index contributed by atoms with van der Waals surface area (Å²) in [5.41, 5.74) is 0.450. The van der Waals surface area contributed by atoms with Crippen molar-refractivity contribution >= 4 is 11.8 Å². The van der Waals surface area contributed by atoms with Crippen molar-refractivity contribution in [1.82, 2.24) is 19.7 Å². The monoisotopic (exact) mass is 454 g/mol. The number of aromatic nitrogens is 1. The molecule has 174 valence electrons. The molecule has 3 aromatic rings. The molecule has 33 heavy (non-hydrogen) atoms. The van der Waals surface area contributed by atoms with Crippen molar-refractivity contribution in [3.63, 3.8) is 0 Å². The fraction of sp³-hybridized carbons (Fsp3) is 0.348. The molecule has 0 bridgehead atoms. The minimum Gasteiger partial charge on any atom is -0.491 e. The lowest BCUT2D eigenvalue weighted by Gasteiger charge is -2.34. The van der Waals surface area contributed by atoms with E-state index in [2.05, 4.69) is 10.2 Å². The first-order chi connectivity index (χ1) is 16.0. The zero-order valence-corrected chi connectivity index (χ0v) is 18.4. The fourth-order valence-corrected chi connectivity index (χ4v) is 3.73. The predicted molar refractivity (Wildman–Crippen MR) is 118 cm³/mol. The van der Waals surface area contributed by atoms with Gasteiger partial charge in [0.2, 0.25) is 11.3 Å². The Hall–Kier alpha value is -3.79. The van der Waals surface area contributed by atoms with Crippen molar-refractivity contribution in [2.75, 3.05) is 33.3 Å². The molecule has 10 heteroatoms. The molecule has 1 aliphatic heterocycles. The predicted octanol–water partition coefficient (Wildman–Crippen LogP) is 1.32. The van der Waals surface area contributed by atoms with Gasteiger partial charge in [0.15, 0.2) is 11.5 Å². The van der Waals surface area contributed by atoms with Crippen molar-refractivity contribution in [1.29, 1.82) is 0 Å². The number of piperazine rings is 1. The van der Waals surface area contributed by atoms with Crippen molar-refractivity contribution < 1.29 is 23.2 Å². The lowest BCUT2D eigenvalue weighted by atomic mass is 10.2. The summed E-state index contributed by atoms with van der Waals surface area (Å²) in [5, 5.41) is 2.81. The van der Waals surface area contributed by atoms with E-state index in [1.54, 1.807) is 46.2 Å². The van der Waals surface area contributed by atoms with E-state index in [4.69, 9.17) is 13.6 Å². The molecular formula is C23H26N4O6. The smallest absolute Gasteiger partial charge is 0.289 e. The number of ether oxygens (including phenoxy) is 1. The summed E-state index contributed by atoms with van der Waals surface area (Å²) < 4.78 is 17.3. The summed E-state index contributed by atoms with van der Waals surface area (Å²) >= 11 is 0. The Balaban J connectivity index is 1.40. The number of rotatable bonds is 8. The number of furan rings is 2. The molecule has 0 atom stereocenters. The van der Waals surface area contributed by atoms with Crippen molar-refractivity contribution in [2.24, 2.45) is 0 Å². The molecule has 0 unspecified atom stereocenters. The minimum atomic E-state index is -0.244. The standard InChI is InChI=1S/C23H26N4O6/c1-31-21-15-27(16-22(29)24-13-18-4-2-10-32-18)17(12-19(21)28)14-25-6-8-26(9-7-25)23(30)20-5-3-11-33-20/h2-5,10-12,15H,6-9,13-14,16H2,1H3,(H,24,29). The number of carbonyl (C=O) groups is 2. The number of pyridine rings is 1. The van der Waals surface area contributed by atoms with Gasteiger partial charge in [-0.1, -0.05) is 0 Å². The summed E-state index contributed by atoms with van der Waals surface area (Å²) in [6.07, 6.45) is 4.59. The number of hydrogen-bond acceptors (Lipinski definition) is 7. The third kappa shape index (κ3) is 5.53. The summed E-state index contributed by atoms with van der Waals surface area (Å²) in [4.78, 5) is 41.2. The summed E-state index contributed by atoms with van der Waals surface area (Å²) in [6.45, 7) is 3.14. The Labute approximate surface area is 190 Å². The number of nitrogens with one attached hydrogen (secondary N) is 1. The van der Waals surface area contributed by atoms with E-state index in [1.165, 1.54) is 19.4 Å². The molecule has 1 fully saturated rings. The highest BCUT2D eigenvalue weighted by Crippen LogP contribution is 2.14. The Morgan fingerprint density at radius 2 is 1.85 bits per heavy atom. The molecule has 3 aromatic heterocycles. The van der Waals surface area contributed by atoms with Crippen LogP contribution in [0.4, 0.5) is 0 Å². The maximum atomic E-state index is 12.5. The van der Waals surface area contributed by atoms with Crippen LogP contribution in [-0.4, -0.2) is 59.5 Å². The van der Waals surface area contributed by atoms with Crippen molar-refractivity contribution in [2.45, 2.75) is 19.6 Å². The van der Waals surface area contributed by atoms with Crippen LogP contribution in [0, 0.1) is 0 Å². The first-order valence-corrected chi connectivity index (χ1v) is 10.6. The molecule has 0 saturated carbocycles. The van der Waals surface area contributed by atoms with Crippen LogP contribution in [0.1, 0.15) is 22.0 Å². The Bertz CT molecular complexity index is 1130. The van der Waals surface area contributed by atoms with Gasteiger partial charge in [0.05, 0.1) is 32.4 Å². The van der Waals surface area contributed by atoms with Gasteiger partial charge < -0.3 is 28.4 Å². The number of hydrogen-bond donors (Lipinski definition) is 1. The molecule has 0 spiro atoms. The second-order valence-corrected chi connectivity index (χ2v) is 7.73. The van der Waals surface area contributed by atoms with Crippen LogP contribution in [0.2, 0.25) is 0 Å². The Kier molecular flexibility index (Phi) is 6.94. The summed E-state index contributed by atoms with van der Waals surface area (Å²) in [5.74, 6) is 0.809. The van der Waals surface area contributed by atoms with E-state index < -0.39 is 0 Å². The summed E-state index contributed by atoms with van der Waals surface area (Å²) in [7, 11) is 1.42. The second-order valence-electron chi connectivity index (χ2n) is 7.73. The lowest BCUT2D eigenvalue weighted by Crippen LogP contribution is -2.48. The molecule has 4 rings (SSSR count). The van der Waals surface area contributed by atoms with Gasteiger partial charge >= 0.3 is 0 Å². The first kappa shape index (κ1) is 22.4. The van der Waals surface area contributed by atoms with Crippen LogP contribution in [0.15, 0.2) is 62.7 Å². The molecule has 0 aliphatic carbocycles. The van der Waals surface area contributed by atoms with Gasteiger partial charge in [-0.05, 0) is 24.3 Å². The average molecular weight is 454 g/mol. The summed E-state index contributed by atoms with van der Waals surface area (Å²) in [6, 6.07) is 8.39. The highest BCUT2D eigenvalue weighted by atomic mass is 16.5. The zero-order valence-electron chi connectivity index (χ0n) is 18.4. The van der Waals surface area contributed by atoms with E-state index in [9.17, 15) is 14.4 Å². The number of nitrogens with zero attached hydrogens (tertiary/aromatic N) is 3. The third-order valence-corrected chi connectivity index (χ3v) is 5.53. The number of carbonyl (C=O) groups excluding carboxylic acids is 2. The molecule has 2 amide bonds. The molecule has 1 N–H and O–H groups in total. The SMILES string of the molecule is COc1cn(CC(=O)NCc2ccco2)c(CN2CCN(C(=O)c3ccco3)CC2)cc1=O. The van der Waals surface area contributed by atoms with Crippen molar-refractivity contribution in [3.05, 3.63) is 76.5 Å². The van der Waals surface area contributed by atoms with E-state index in [-0.39, 0.29) is 36.1 Å². The lowest BCUT2D eigenvalue weighted by molar-refractivity contribution is -0.122. The van der Waals surface area contributed by atoms with Gasteiger partial charge in [0.1, 0.15) is 12.3 Å². The Morgan fingerprint density at radius 1 is 1.09 bits per heavy atom. The van der Waals surface area contributed by atoms with Crippen LogP contribution in [0.5, 0.6) is 5.75 Å². The molecule has 0 radical (unpaired) electrons. The molecule has 1 aliphatic rings. The minimum absolute atomic E-state index is 0.0314. The molecule has 4 heterocycles. The van der Waals surface area contributed by atoms with Gasteiger partial charge in [0, 0.05) is 44.5 Å². The second kappa shape index (κ2) is 10.2. The zero-order chi connectivity index (χ0) is 23.2. The molecule has 1 saturated heterocycles. The van der Waals surface area contributed by atoms with Crippen LogP contribution < -0.4 is 15.5 Å². The molecule has 10 nitrogen and oxygen atoms in total. The fourth-order valence-electron chi connectivity index (χ4n) is 3.73. The Morgan fingerprint density at radius 3 is 2.52 bits per heavy atom. The van der Waals surface area contributed by atoms with Gasteiger partial charge in [-0.25, -0.2) is 0 Å². The van der Waals surface area contributed by atoms with Gasteiger partial charge in [0.25, 0.3) is 5.91 Å². The highest BCUT2D eigenvalue weighted by Gasteiger charge is 2.24. The van der Waals surface area contributed by atoms with Crippen LogP contribution >= 0.6 is 0 Å². The van der Waals surface area contributed by atoms with Crippen LogP contribution in [0.25, 0.3) is 0 Å². The topological polar surface area (TPSA) is 110 Å². The quantitative estimate of drug-likeness (QED) is 0.547. The number of methoxy groups -OCH3 is 1. The van der Waals surface area contributed by atoms with Gasteiger partial charge in [-0.3, -0.25) is 19.3 Å². The van der Waals surface area contributed by atoms with Crippen LogP contribution in [-0.2, 0) is 24.4 Å². The van der Waals surface area contributed by atoms with Crippen LogP contribution in [0.3, 0.4) is 0 Å². The van der Waals surface area contributed by atoms with Crippen molar-refractivity contribution in [3.8, 4) is 5.75 Å². The van der Waals surface area contributed by atoms with Gasteiger partial charge in [-0.2, -0.15) is 0 Å². The van der Waals surface area contributed by atoms with E-state index in [1.807, 2.05) is 0 Å². The first-order valence-electron chi connectivity index (χ1n) is 10.6. The molecular weight excluding hydrogens is 428 g/mol. The third-order valence-electron chi connectivity index (χ3n) is 5.53. The average Bonchev–Trinajstić information content (AvgIpc) is 3.54. The van der Waals surface area contributed by atoms with E-state index in [0.717, 1.165) is 0 Å². The normalized spacial score (nSPS) is 14.3. The maximum Gasteiger partial charge on any atom is 0.289 e. The largest absolute Gasteiger partial charge is 0.491 e. The van der Waals surface area contributed by atoms with E-state index in [0.29, 0.717) is 49.9 Å². The van der Waals surface area contributed by atoms with Gasteiger partial charge in [-0.15, -0.1) is 0 Å². The highest BCUT2D eigenvalue weighted by molar-refractivity contribution is 5.91. The maximum absolute atomic E-state index is 12.5. The molecule has 0 aromatic carbocycles.